The fourth-order valence-electron chi connectivity index (χ4n) is 3.17. The summed E-state index contributed by atoms with van der Waals surface area (Å²) in [6.07, 6.45) is 4.12. The molecule has 0 amide bonds. The van der Waals surface area contributed by atoms with Gasteiger partial charge in [0.05, 0.1) is 13.2 Å². The molecule has 1 nitrogen and oxygen atoms in total. The summed E-state index contributed by atoms with van der Waals surface area (Å²) in [5, 5.41) is 2.50. The van der Waals surface area contributed by atoms with Gasteiger partial charge in [-0.1, -0.05) is 96.8 Å². The first-order valence-electron chi connectivity index (χ1n) is 9.76. The molecule has 0 saturated heterocycles. The van der Waals surface area contributed by atoms with Gasteiger partial charge in [0.25, 0.3) is 0 Å². The van der Waals surface area contributed by atoms with Crippen molar-refractivity contribution in [3.8, 4) is 11.8 Å². The van der Waals surface area contributed by atoms with Crippen LogP contribution in [-0.2, 0) is 11.3 Å². The van der Waals surface area contributed by atoms with Gasteiger partial charge in [-0.25, -0.2) is 0 Å². The molecule has 1 heteroatoms. The highest BCUT2D eigenvalue weighted by atomic mass is 16.5. The molecule has 0 aliphatic heterocycles. The number of ether oxygens (including phenoxy) is 1. The molecule has 0 aliphatic rings. The molecule has 0 N–H and O–H groups in total. The maximum absolute atomic E-state index is 5.84. The summed E-state index contributed by atoms with van der Waals surface area (Å²) < 4.78 is 5.84. The van der Waals surface area contributed by atoms with Gasteiger partial charge in [0.1, 0.15) is 0 Å². The zero-order valence-corrected chi connectivity index (χ0v) is 16.2. The van der Waals surface area contributed by atoms with Gasteiger partial charge in [0.2, 0.25) is 0 Å². The standard InChI is InChI=1S/C28H22O/c1-2-9-23(10-3-1)16-18-26-12-5-4-11-25(26)15-8-20-29-22-24-17-19-27-13-6-7-14-28(27)21-24/h1-15,17,19,21H,20,22H2/b15-8+. The van der Waals surface area contributed by atoms with E-state index in [0.29, 0.717) is 13.2 Å². The summed E-state index contributed by atoms with van der Waals surface area (Å²) in [4.78, 5) is 0. The third-order valence-electron chi connectivity index (χ3n) is 4.67. The van der Waals surface area contributed by atoms with Crippen LogP contribution in [0.5, 0.6) is 0 Å². The lowest BCUT2D eigenvalue weighted by Gasteiger charge is -2.04. The first kappa shape index (κ1) is 18.7. The third-order valence-corrected chi connectivity index (χ3v) is 4.67. The quantitative estimate of drug-likeness (QED) is 0.287. The fraction of sp³-hybridized carbons (Fsp3) is 0.0714. The van der Waals surface area contributed by atoms with Crippen LogP contribution in [0.1, 0.15) is 22.3 Å². The Bertz CT molecular complexity index is 1180. The molecular weight excluding hydrogens is 352 g/mol. The summed E-state index contributed by atoms with van der Waals surface area (Å²) in [6.45, 7) is 1.16. The lowest BCUT2D eigenvalue weighted by Crippen LogP contribution is -1.93. The van der Waals surface area contributed by atoms with Crippen molar-refractivity contribution in [2.75, 3.05) is 6.61 Å². The van der Waals surface area contributed by atoms with Crippen LogP contribution in [0, 0.1) is 11.8 Å². The molecule has 4 rings (SSSR count). The summed E-state index contributed by atoms with van der Waals surface area (Å²) in [5.74, 6) is 6.50. The highest BCUT2D eigenvalue weighted by molar-refractivity contribution is 5.82. The van der Waals surface area contributed by atoms with Crippen LogP contribution in [0.3, 0.4) is 0 Å². The highest BCUT2D eigenvalue weighted by Crippen LogP contribution is 2.16. The second kappa shape index (κ2) is 9.55. The number of benzene rings is 4. The molecule has 4 aromatic carbocycles. The number of fused-ring (bicyclic) bond motifs is 1. The smallest absolute Gasteiger partial charge is 0.0721 e. The number of rotatable bonds is 5. The molecule has 0 saturated carbocycles. The topological polar surface area (TPSA) is 9.23 Å². The van der Waals surface area contributed by atoms with Crippen LogP contribution in [0.2, 0.25) is 0 Å². The van der Waals surface area contributed by atoms with Crippen molar-refractivity contribution in [2.24, 2.45) is 0 Å². The predicted molar refractivity (Wildman–Crippen MR) is 122 cm³/mol. The van der Waals surface area contributed by atoms with Crippen molar-refractivity contribution in [2.45, 2.75) is 6.61 Å². The molecule has 0 spiro atoms. The van der Waals surface area contributed by atoms with Crippen LogP contribution in [0.15, 0.2) is 103 Å². The first-order chi connectivity index (χ1) is 14.4. The van der Waals surface area contributed by atoms with Gasteiger partial charge in [0.15, 0.2) is 0 Å². The van der Waals surface area contributed by atoms with E-state index in [1.807, 2.05) is 54.6 Å². The van der Waals surface area contributed by atoms with Crippen LogP contribution >= 0.6 is 0 Å². The van der Waals surface area contributed by atoms with Crippen molar-refractivity contribution in [3.63, 3.8) is 0 Å². The Balaban J connectivity index is 1.36. The lowest BCUT2D eigenvalue weighted by molar-refractivity contribution is 0.149. The van der Waals surface area contributed by atoms with Gasteiger partial charge in [0, 0.05) is 11.1 Å². The van der Waals surface area contributed by atoms with Crippen molar-refractivity contribution in [1.29, 1.82) is 0 Å². The monoisotopic (exact) mass is 374 g/mol. The number of hydrogen-bond acceptors (Lipinski definition) is 1. The van der Waals surface area contributed by atoms with E-state index >= 15 is 0 Å². The Morgan fingerprint density at radius 3 is 2.34 bits per heavy atom. The maximum atomic E-state index is 5.84. The van der Waals surface area contributed by atoms with E-state index in [4.69, 9.17) is 4.74 Å². The van der Waals surface area contributed by atoms with E-state index in [0.717, 1.165) is 16.7 Å². The van der Waals surface area contributed by atoms with E-state index in [1.54, 1.807) is 0 Å². The normalized spacial score (nSPS) is 10.8. The Hall–Kier alpha value is -3.60. The zero-order chi connectivity index (χ0) is 19.7. The Morgan fingerprint density at radius 2 is 1.45 bits per heavy atom. The molecular formula is C28H22O. The molecule has 0 fully saturated rings. The van der Waals surface area contributed by atoms with Gasteiger partial charge in [-0.15, -0.1) is 0 Å². The molecule has 0 aromatic heterocycles. The average Bonchev–Trinajstić information content (AvgIpc) is 2.79. The van der Waals surface area contributed by atoms with Gasteiger partial charge in [-0.3, -0.25) is 0 Å². The lowest BCUT2D eigenvalue weighted by atomic mass is 10.1. The Labute approximate surface area is 172 Å². The second-order valence-electron chi connectivity index (χ2n) is 6.80. The maximum Gasteiger partial charge on any atom is 0.0721 e. The zero-order valence-electron chi connectivity index (χ0n) is 16.2. The van der Waals surface area contributed by atoms with Gasteiger partial charge in [-0.2, -0.15) is 0 Å². The summed E-state index contributed by atoms with van der Waals surface area (Å²) in [5.41, 5.74) is 4.32. The first-order valence-corrected chi connectivity index (χ1v) is 9.76. The van der Waals surface area contributed by atoms with E-state index in [9.17, 15) is 0 Å². The van der Waals surface area contributed by atoms with Crippen LogP contribution in [-0.4, -0.2) is 6.61 Å². The van der Waals surface area contributed by atoms with E-state index in [2.05, 4.69) is 66.4 Å². The van der Waals surface area contributed by atoms with E-state index in [-0.39, 0.29) is 0 Å². The van der Waals surface area contributed by atoms with E-state index < -0.39 is 0 Å². The Morgan fingerprint density at radius 1 is 0.690 bits per heavy atom. The van der Waals surface area contributed by atoms with Crippen molar-refractivity contribution in [3.05, 3.63) is 125 Å². The summed E-state index contributed by atoms with van der Waals surface area (Å²) in [6, 6.07) is 33.1. The van der Waals surface area contributed by atoms with Crippen molar-refractivity contribution in [1.82, 2.24) is 0 Å². The molecule has 0 bridgehead atoms. The van der Waals surface area contributed by atoms with Gasteiger partial charge < -0.3 is 4.74 Å². The molecule has 4 aromatic rings. The molecule has 0 aliphatic carbocycles. The minimum absolute atomic E-state index is 0.563. The second-order valence-corrected chi connectivity index (χ2v) is 6.80. The van der Waals surface area contributed by atoms with Crippen molar-refractivity contribution >= 4 is 16.8 Å². The highest BCUT2D eigenvalue weighted by Gasteiger charge is 1.97. The average molecular weight is 374 g/mol. The van der Waals surface area contributed by atoms with Gasteiger partial charge in [-0.05, 0) is 46.2 Å². The molecule has 140 valence electrons. The van der Waals surface area contributed by atoms with Crippen molar-refractivity contribution < 1.29 is 4.74 Å². The predicted octanol–water partition coefficient (Wildman–Crippen LogP) is 6.47. The van der Waals surface area contributed by atoms with Gasteiger partial charge >= 0.3 is 0 Å². The van der Waals surface area contributed by atoms with Crippen LogP contribution in [0.4, 0.5) is 0 Å². The molecule has 0 atom stereocenters. The minimum atomic E-state index is 0.563. The summed E-state index contributed by atoms with van der Waals surface area (Å²) >= 11 is 0. The molecule has 0 radical (unpaired) electrons. The van der Waals surface area contributed by atoms with Crippen LogP contribution in [0.25, 0.3) is 16.8 Å². The molecule has 0 heterocycles. The summed E-state index contributed by atoms with van der Waals surface area (Å²) in [7, 11) is 0. The van der Waals surface area contributed by atoms with Crippen LogP contribution < -0.4 is 0 Å². The molecule has 0 unspecified atom stereocenters. The molecule has 29 heavy (non-hydrogen) atoms. The fourth-order valence-corrected chi connectivity index (χ4v) is 3.17. The largest absolute Gasteiger partial charge is 0.373 e. The third kappa shape index (κ3) is 5.23. The Kier molecular flexibility index (Phi) is 6.18. The van der Waals surface area contributed by atoms with E-state index in [1.165, 1.54) is 16.3 Å². The SMILES string of the molecule is C(#Cc1ccccc1/C=C/COCc1ccc2ccccc2c1)c1ccccc1. The minimum Gasteiger partial charge on any atom is -0.373 e. The number of hydrogen-bond donors (Lipinski definition) is 0.